The second-order valence-electron chi connectivity index (χ2n) is 3.49. The summed E-state index contributed by atoms with van der Waals surface area (Å²) in [7, 11) is 0. The maximum Gasteiger partial charge on any atom is 0.317 e. The molecule has 0 amide bonds. The third kappa shape index (κ3) is 4.20. The van der Waals surface area contributed by atoms with Crippen LogP contribution < -0.4 is 0 Å². The molecule has 0 aliphatic heterocycles. The summed E-state index contributed by atoms with van der Waals surface area (Å²) in [5.41, 5.74) is 0.796. The number of para-hydroxylation sites is 1. The van der Waals surface area contributed by atoms with E-state index in [-0.39, 0.29) is 16.8 Å². The van der Waals surface area contributed by atoms with E-state index in [1.54, 1.807) is 0 Å². The van der Waals surface area contributed by atoms with E-state index in [0.29, 0.717) is 4.34 Å². The van der Waals surface area contributed by atoms with Gasteiger partial charge in [-0.3, -0.25) is 9.59 Å². The Bertz CT molecular complexity index is 568. The summed E-state index contributed by atoms with van der Waals surface area (Å²) in [6.07, 6.45) is -0.421. The predicted molar refractivity (Wildman–Crippen MR) is 69.2 cm³/mol. The van der Waals surface area contributed by atoms with Crippen LogP contribution >= 0.6 is 23.1 Å². The number of carbonyl (C=O) groups is 2. The first-order valence-electron chi connectivity index (χ1n) is 5.03. The molecule has 2 rings (SSSR count). The fourth-order valence-electron chi connectivity index (χ4n) is 1.36. The SMILES string of the molecule is O=C(O)CC(Sc1nc2ccccc2s1)C(=O)O.[Co]. The molecule has 1 aromatic carbocycles. The zero-order chi connectivity index (χ0) is 13.1. The molecular weight excluding hydrogens is 333 g/mol. The first-order chi connectivity index (χ1) is 8.56. The second-order valence-corrected chi connectivity index (χ2v) is 5.97. The molecule has 103 valence electrons. The number of fused-ring (bicyclic) bond motifs is 1. The van der Waals surface area contributed by atoms with Crippen LogP contribution in [0.15, 0.2) is 28.6 Å². The molecule has 5 nitrogen and oxygen atoms in total. The van der Waals surface area contributed by atoms with Gasteiger partial charge in [-0.2, -0.15) is 0 Å². The Balaban J connectivity index is 0.00000180. The van der Waals surface area contributed by atoms with Crippen molar-refractivity contribution in [3.63, 3.8) is 0 Å². The molecule has 0 saturated carbocycles. The van der Waals surface area contributed by atoms with Crippen LogP contribution in [0.2, 0.25) is 0 Å². The number of benzene rings is 1. The number of carboxylic acids is 2. The van der Waals surface area contributed by atoms with Gasteiger partial charge < -0.3 is 10.2 Å². The Hall–Kier alpha value is -1.09. The number of thioether (sulfide) groups is 1. The van der Waals surface area contributed by atoms with E-state index in [1.165, 1.54) is 11.3 Å². The molecule has 19 heavy (non-hydrogen) atoms. The average molecular weight is 342 g/mol. The molecular formula is C11H9CoNO4S2. The number of hydrogen-bond donors (Lipinski definition) is 2. The van der Waals surface area contributed by atoms with E-state index >= 15 is 0 Å². The summed E-state index contributed by atoms with van der Waals surface area (Å²) in [4.78, 5) is 25.8. The van der Waals surface area contributed by atoms with Crippen LogP contribution in [0, 0.1) is 0 Å². The monoisotopic (exact) mass is 342 g/mol. The standard InChI is InChI=1S/C11H9NO4S2.Co/c13-9(14)5-8(10(15)16)18-11-12-6-3-1-2-4-7(6)17-11;/h1-4,8H,5H2,(H,13,14)(H,15,16);. The fourth-order valence-corrected chi connectivity index (χ4v) is 3.59. The van der Waals surface area contributed by atoms with Gasteiger partial charge in [-0.15, -0.1) is 11.3 Å². The van der Waals surface area contributed by atoms with Gasteiger partial charge in [-0.05, 0) is 12.1 Å². The maximum atomic E-state index is 10.9. The third-order valence-electron chi connectivity index (χ3n) is 2.15. The van der Waals surface area contributed by atoms with Gasteiger partial charge in [0.05, 0.1) is 16.6 Å². The zero-order valence-electron chi connectivity index (χ0n) is 9.40. The van der Waals surface area contributed by atoms with Crippen molar-refractivity contribution in [2.24, 2.45) is 0 Å². The van der Waals surface area contributed by atoms with Crippen LogP contribution in [-0.2, 0) is 26.4 Å². The Morgan fingerprint density at radius 2 is 2.00 bits per heavy atom. The predicted octanol–water partition coefficient (Wildman–Crippen LogP) is 2.31. The molecule has 1 unspecified atom stereocenters. The number of carboxylic acid groups (broad SMARTS) is 2. The molecule has 0 bridgehead atoms. The van der Waals surface area contributed by atoms with E-state index in [9.17, 15) is 9.59 Å². The van der Waals surface area contributed by atoms with Crippen LogP contribution in [0.4, 0.5) is 0 Å². The summed E-state index contributed by atoms with van der Waals surface area (Å²) in [6.45, 7) is 0. The Labute approximate surface area is 127 Å². The molecule has 1 radical (unpaired) electrons. The van der Waals surface area contributed by atoms with Crippen LogP contribution in [-0.4, -0.2) is 32.4 Å². The van der Waals surface area contributed by atoms with Gasteiger partial charge in [0.1, 0.15) is 5.25 Å². The summed E-state index contributed by atoms with van der Waals surface area (Å²) in [5, 5.41) is 16.6. The minimum absolute atomic E-state index is 0. The second kappa shape index (κ2) is 6.90. The molecule has 1 atom stereocenters. The Morgan fingerprint density at radius 3 is 2.58 bits per heavy atom. The van der Waals surface area contributed by atoms with Gasteiger partial charge in [-0.25, -0.2) is 4.98 Å². The van der Waals surface area contributed by atoms with Crippen LogP contribution in [0.5, 0.6) is 0 Å². The van der Waals surface area contributed by atoms with E-state index in [0.717, 1.165) is 22.0 Å². The zero-order valence-corrected chi connectivity index (χ0v) is 12.1. The van der Waals surface area contributed by atoms with E-state index < -0.39 is 23.6 Å². The number of aromatic nitrogens is 1. The fraction of sp³-hybridized carbons (Fsp3) is 0.182. The van der Waals surface area contributed by atoms with Crippen molar-refractivity contribution in [1.82, 2.24) is 4.98 Å². The number of rotatable bonds is 5. The van der Waals surface area contributed by atoms with Crippen molar-refractivity contribution in [1.29, 1.82) is 0 Å². The van der Waals surface area contributed by atoms with Gasteiger partial charge in [-0.1, -0.05) is 23.9 Å². The Morgan fingerprint density at radius 1 is 1.32 bits per heavy atom. The van der Waals surface area contributed by atoms with Crippen LogP contribution in [0.25, 0.3) is 10.2 Å². The molecule has 0 saturated heterocycles. The smallest absolute Gasteiger partial charge is 0.317 e. The van der Waals surface area contributed by atoms with Crippen LogP contribution in [0.1, 0.15) is 6.42 Å². The summed E-state index contributed by atoms with van der Waals surface area (Å²) < 4.78 is 1.53. The molecule has 2 aromatic rings. The minimum Gasteiger partial charge on any atom is -0.481 e. The normalized spacial score (nSPS) is 11.8. The summed E-state index contributed by atoms with van der Waals surface area (Å²) in [5.74, 6) is -2.27. The number of aliphatic carboxylic acids is 2. The molecule has 8 heteroatoms. The molecule has 0 spiro atoms. The van der Waals surface area contributed by atoms with Crippen molar-refractivity contribution >= 4 is 45.3 Å². The van der Waals surface area contributed by atoms with E-state index in [1.807, 2.05) is 24.3 Å². The average Bonchev–Trinajstić information content (AvgIpc) is 2.69. The minimum atomic E-state index is -1.14. The van der Waals surface area contributed by atoms with E-state index in [4.69, 9.17) is 10.2 Å². The third-order valence-corrected chi connectivity index (χ3v) is 4.47. The first kappa shape index (κ1) is 16.0. The molecule has 0 aliphatic rings. The van der Waals surface area contributed by atoms with Gasteiger partial charge in [0.25, 0.3) is 0 Å². The van der Waals surface area contributed by atoms with Crippen molar-refractivity contribution in [3.8, 4) is 0 Å². The maximum absolute atomic E-state index is 10.9. The number of hydrogen-bond acceptors (Lipinski definition) is 5. The van der Waals surface area contributed by atoms with E-state index in [2.05, 4.69) is 4.98 Å². The van der Waals surface area contributed by atoms with Gasteiger partial charge in [0.15, 0.2) is 4.34 Å². The van der Waals surface area contributed by atoms with Crippen molar-refractivity contribution < 1.29 is 36.6 Å². The molecule has 0 fully saturated rings. The van der Waals surface area contributed by atoms with Gasteiger partial charge in [0, 0.05) is 16.8 Å². The molecule has 1 aromatic heterocycles. The largest absolute Gasteiger partial charge is 0.481 e. The van der Waals surface area contributed by atoms with Gasteiger partial charge in [0.2, 0.25) is 0 Å². The number of thiazole rings is 1. The molecule has 0 aliphatic carbocycles. The van der Waals surface area contributed by atoms with Gasteiger partial charge >= 0.3 is 11.9 Å². The first-order valence-corrected chi connectivity index (χ1v) is 6.72. The Kier molecular flexibility index (Phi) is 5.79. The topological polar surface area (TPSA) is 87.5 Å². The van der Waals surface area contributed by atoms with Crippen molar-refractivity contribution in [3.05, 3.63) is 24.3 Å². The summed E-state index contributed by atoms with van der Waals surface area (Å²) in [6, 6.07) is 7.45. The van der Waals surface area contributed by atoms with Crippen LogP contribution in [0.3, 0.4) is 0 Å². The quantitative estimate of drug-likeness (QED) is 0.811. The molecule has 1 heterocycles. The van der Waals surface area contributed by atoms with Crippen molar-refractivity contribution in [2.75, 3.05) is 0 Å². The molecule has 2 N–H and O–H groups in total. The number of nitrogens with zero attached hydrogens (tertiary/aromatic N) is 1. The van der Waals surface area contributed by atoms with Crippen molar-refractivity contribution in [2.45, 2.75) is 16.0 Å². The summed E-state index contributed by atoms with van der Waals surface area (Å²) >= 11 is 2.34.